The molecule has 192 valence electrons. The zero-order chi connectivity index (χ0) is 25.9. The molecular formula is C25H25F3N8O. The Hall–Kier alpha value is -3.67. The molecule has 37 heavy (non-hydrogen) atoms. The lowest BCUT2D eigenvalue weighted by Crippen LogP contribution is -2.43. The molecule has 4 aromatic heterocycles. The van der Waals surface area contributed by atoms with Crippen molar-refractivity contribution < 1.29 is 17.9 Å². The average molecular weight is 511 g/mol. The van der Waals surface area contributed by atoms with Crippen LogP contribution in [0.25, 0.3) is 22.4 Å². The maximum atomic E-state index is 13.4. The summed E-state index contributed by atoms with van der Waals surface area (Å²) in [6.45, 7) is 6.57. The summed E-state index contributed by atoms with van der Waals surface area (Å²) in [6, 6.07) is 2.94. The molecule has 0 radical (unpaired) electrons. The van der Waals surface area contributed by atoms with E-state index in [9.17, 15) is 13.2 Å². The van der Waals surface area contributed by atoms with Gasteiger partial charge in [0.1, 0.15) is 23.0 Å². The van der Waals surface area contributed by atoms with Crippen LogP contribution in [-0.2, 0) is 10.9 Å². The van der Waals surface area contributed by atoms with Crippen LogP contribution < -0.4 is 4.90 Å². The summed E-state index contributed by atoms with van der Waals surface area (Å²) in [5.41, 5.74) is 2.51. The number of alkyl halides is 3. The van der Waals surface area contributed by atoms with Gasteiger partial charge in [-0.2, -0.15) is 23.3 Å². The van der Waals surface area contributed by atoms with E-state index in [1.54, 1.807) is 6.92 Å². The number of hydrogen-bond acceptors (Lipinski definition) is 8. The van der Waals surface area contributed by atoms with Crippen LogP contribution in [0.1, 0.15) is 54.6 Å². The van der Waals surface area contributed by atoms with Crippen molar-refractivity contribution in [3.05, 3.63) is 53.4 Å². The highest BCUT2D eigenvalue weighted by molar-refractivity contribution is 5.88. The third-order valence-electron chi connectivity index (χ3n) is 6.71. The maximum absolute atomic E-state index is 13.4. The van der Waals surface area contributed by atoms with Crippen LogP contribution in [0, 0.1) is 13.8 Å². The van der Waals surface area contributed by atoms with Gasteiger partial charge >= 0.3 is 6.18 Å². The number of aromatic nitrogens is 7. The van der Waals surface area contributed by atoms with Crippen molar-refractivity contribution >= 4 is 17.1 Å². The van der Waals surface area contributed by atoms with Crippen LogP contribution in [0.2, 0.25) is 0 Å². The van der Waals surface area contributed by atoms with Crippen molar-refractivity contribution in [1.29, 1.82) is 0 Å². The number of nitrogens with zero attached hydrogens (tertiary/aromatic N) is 8. The van der Waals surface area contributed by atoms with Crippen LogP contribution in [0.15, 0.2) is 30.7 Å². The van der Waals surface area contributed by atoms with Crippen LogP contribution in [-0.4, -0.2) is 53.9 Å². The Morgan fingerprint density at radius 1 is 1.03 bits per heavy atom. The summed E-state index contributed by atoms with van der Waals surface area (Å²) < 4.78 is 48.5. The molecule has 0 spiro atoms. The lowest BCUT2D eigenvalue weighted by atomic mass is 10.1. The summed E-state index contributed by atoms with van der Waals surface area (Å²) in [5.74, 6) is 0.361. The fourth-order valence-corrected chi connectivity index (χ4v) is 4.53. The van der Waals surface area contributed by atoms with Crippen LogP contribution >= 0.6 is 0 Å². The molecule has 2 atom stereocenters. The van der Waals surface area contributed by atoms with Crippen molar-refractivity contribution in [2.75, 3.05) is 18.0 Å². The second kappa shape index (κ2) is 8.72. The number of aryl methyl sites for hydroxylation is 2. The number of fused-ring (bicyclic) bond motifs is 1. The second-order valence-corrected chi connectivity index (χ2v) is 9.69. The summed E-state index contributed by atoms with van der Waals surface area (Å²) in [5, 5.41) is 4.49. The first kappa shape index (κ1) is 23.7. The number of morpholine rings is 1. The minimum Gasteiger partial charge on any atom is -0.367 e. The van der Waals surface area contributed by atoms with E-state index in [0.717, 1.165) is 30.7 Å². The highest BCUT2D eigenvalue weighted by Crippen LogP contribution is 2.36. The standard InChI is InChI=1S/C25H25F3N8O/c1-13-10-35(12-19(37-13)17-9-30-36(11-17)18-4-5-18)24-33-21(16-6-7-29-20(8-16)25(26,27)28)22-23(34-24)32-15(3)14(2)31-22/h6-9,11,13,18-19H,4-5,10,12H2,1-3H3/t13-,19-/m0/s1. The molecule has 0 aromatic carbocycles. The van der Waals surface area contributed by atoms with Gasteiger partial charge in [0.05, 0.1) is 36.3 Å². The largest absolute Gasteiger partial charge is 0.433 e. The minimum atomic E-state index is -4.59. The van der Waals surface area contributed by atoms with Gasteiger partial charge < -0.3 is 9.64 Å². The van der Waals surface area contributed by atoms with E-state index in [2.05, 4.69) is 20.1 Å². The van der Waals surface area contributed by atoms with Crippen molar-refractivity contribution in [3.8, 4) is 11.3 Å². The predicted octanol–water partition coefficient (Wildman–Crippen LogP) is 4.62. The molecule has 1 saturated carbocycles. The molecule has 0 bridgehead atoms. The van der Waals surface area contributed by atoms with Crippen LogP contribution in [0.4, 0.5) is 19.1 Å². The van der Waals surface area contributed by atoms with E-state index in [4.69, 9.17) is 14.7 Å². The predicted molar refractivity (Wildman–Crippen MR) is 129 cm³/mol. The molecule has 1 aliphatic carbocycles. The Morgan fingerprint density at radius 3 is 2.57 bits per heavy atom. The molecule has 0 N–H and O–H groups in total. The smallest absolute Gasteiger partial charge is 0.367 e. The van der Waals surface area contributed by atoms with Crippen molar-refractivity contribution in [3.63, 3.8) is 0 Å². The molecule has 4 aromatic rings. The lowest BCUT2D eigenvalue weighted by molar-refractivity contribution is -0.141. The third-order valence-corrected chi connectivity index (χ3v) is 6.71. The minimum absolute atomic E-state index is 0.130. The molecule has 6 rings (SSSR count). The zero-order valence-corrected chi connectivity index (χ0v) is 20.6. The SMILES string of the molecule is Cc1nc2nc(N3C[C@@H](c4cnn(C5CC5)c4)O[C@@H](C)C3)nc(-c3ccnc(C(F)(F)F)c3)c2nc1C. The Labute approximate surface area is 210 Å². The van der Waals surface area contributed by atoms with E-state index in [1.165, 1.54) is 6.07 Å². The van der Waals surface area contributed by atoms with Gasteiger partial charge in [0.2, 0.25) is 5.95 Å². The molecule has 0 unspecified atom stereocenters. The van der Waals surface area contributed by atoms with Gasteiger partial charge in [-0.3, -0.25) is 9.67 Å². The first-order valence-corrected chi connectivity index (χ1v) is 12.2. The zero-order valence-electron chi connectivity index (χ0n) is 20.6. The first-order chi connectivity index (χ1) is 17.7. The number of hydrogen-bond donors (Lipinski definition) is 0. The van der Waals surface area contributed by atoms with Gasteiger partial charge in [0.15, 0.2) is 5.65 Å². The Bertz CT molecular complexity index is 1480. The van der Waals surface area contributed by atoms with E-state index >= 15 is 0 Å². The van der Waals surface area contributed by atoms with E-state index in [1.807, 2.05) is 35.8 Å². The van der Waals surface area contributed by atoms with Gasteiger partial charge in [-0.25, -0.2) is 15.0 Å². The summed E-state index contributed by atoms with van der Waals surface area (Å²) in [4.78, 5) is 24.1. The van der Waals surface area contributed by atoms with Gasteiger partial charge in [0.25, 0.3) is 0 Å². The Kier molecular flexibility index (Phi) is 5.59. The van der Waals surface area contributed by atoms with Gasteiger partial charge in [-0.15, -0.1) is 0 Å². The topological polar surface area (TPSA) is 94.7 Å². The van der Waals surface area contributed by atoms with E-state index in [0.29, 0.717) is 47.6 Å². The lowest BCUT2D eigenvalue weighted by Gasteiger charge is -2.36. The van der Waals surface area contributed by atoms with Crippen molar-refractivity contribution in [2.45, 2.75) is 58.0 Å². The summed E-state index contributed by atoms with van der Waals surface area (Å²) in [7, 11) is 0. The van der Waals surface area contributed by atoms with E-state index in [-0.39, 0.29) is 23.5 Å². The molecule has 2 aliphatic rings. The van der Waals surface area contributed by atoms with Gasteiger partial charge in [0, 0.05) is 30.1 Å². The van der Waals surface area contributed by atoms with Crippen LogP contribution in [0.5, 0.6) is 0 Å². The monoisotopic (exact) mass is 510 g/mol. The number of pyridine rings is 1. The second-order valence-electron chi connectivity index (χ2n) is 9.69. The molecule has 5 heterocycles. The molecule has 1 aliphatic heterocycles. The van der Waals surface area contributed by atoms with Gasteiger partial charge in [-0.05, 0) is 45.7 Å². The molecule has 12 heteroatoms. The van der Waals surface area contributed by atoms with Crippen LogP contribution in [0.3, 0.4) is 0 Å². The summed E-state index contributed by atoms with van der Waals surface area (Å²) >= 11 is 0. The number of rotatable bonds is 4. The fraction of sp³-hybridized carbons (Fsp3) is 0.440. The van der Waals surface area contributed by atoms with E-state index < -0.39 is 11.9 Å². The quantitative estimate of drug-likeness (QED) is 0.393. The van der Waals surface area contributed by atoms with Crippen molar-refractivity contribution in [2.24, 2.45) is 0 Å². The molecule has 2 fully saturated rings. The summed E-state index contributed by atoms with van der Waals surface area (Å²) in [6.07, 6.45) is 2.29. The highest BCUT2D eigenvalue weighted by Gasteiger charge is 2.34. The molecular weight excluding hydrogens is 485 g/mol. The first-order valence-electron chi connectivity index (χ1n) is 12.2. The highest BCUT2D eigenvalue weighted by atomic mass is 19.4. The van der Waals surface area contributed by atoms with Gasteiger partial charge in [-0.1, -0.05) is 0 Å². The molecule has 0 amide bonds. The number of anilines is 1. The average Bonchev–Trinajstić information content (AvgIpc) is 3.59. The maximum Gasteiger partial charge on any atom is 0.433 e. The molecule has 1 saturated heterocycles. The fourth-order valence-electron chi connectivity index (χ4n) is 4.53. The third kappa shape index (κ3) is 4.61. The van der Waals surface area contributed by atoms with Crippen molar-refractivity contribution in [1.82, 2.24) is 34.7 Å². The molecule has 9 nitrogen and oxygen atoms in total. The Morgan fingerprint density at radius 2 is 1.81 bits per heavy atom. The normalized spacial score (nSPS) is 20.5. The number of ether oxygens (including phenoxy) is 1. The Balaban J connectivity index is 1.43. The number of halogens is 3.